The lowest BCUT2D eigenvalue weighted by atomic mass is 9.70. The minimum Gasteiger partial charge on any atom is -0.481 e. The summed E-state index contributed by atoms with van der Waals surface area (Å²) >= 11 is 0. The van der Waals surface area contributed by atoms with Crippen molar-refractivity contribution in [1.29, 1.82) is 0 Å². The van der Waals surface area contributed by atoms with Gasteiger partial charge in [-0.2, -0.15) is 0 Å². The maximum Gasteiger partial charge on any atom is 0.309 e. The third-order valence-electron chi connectivity index (χ3n) is 3.41. The highest BCUT2D eigenvalue weighted by atomic mass is 16.4. The molecule has 0 unspecified atom stereocenters. The van der Waals surface area contributed by atoms with Gasteiger partial charge in [0.05, 0.1) is 5.41 Å². The maximum absolute atomic E-state index is 11.2. The standard InChI is InChI=1S/C10H19NO2/c1-8(2)10(9(12)13)4-6-11(3)7-5-10/h8H,4-7H2,1-3H3,(H,12,13). The molecule has 3 heteroatoms. The minimum absolute atomic E-state index is 0.235. The highest BCUT2D eigenvalue weighted by Crippen LogP contribution is 2.38. The molecule has 1 N–H and O–H groups in total. The van der Waals surface area contributed by atoms with Crippen LogP contribution in [-0.4, -0.2) is 36.1 Å². The van der Waals surface area contributed by atoms with E-state index in [1.807, 2.05) is 20.9 Å². The van der Waals surface area contributed by atoms with E-state index < -0.39 is 11.4 Å². The molecule has 0 aromatic heterocycles. The van der Waals surface area contributed by atoms with Crippen molar-refractivity contribution in [3.05, 3.63) is 0 Å². The van der Waals surface area contributed by atoms with E-state index >= 15 is 0 Å². The van der Waals surface area contributed by atoms with Gasteiger partial charge in [0, 0.05) is 0 Å². The summed E-state index contributed by atoms with van der Waals surface area (Å²) in [5.41, 5.74) is -0.466. The number of rotatable bonds is 2. The molecule has 0 atom stereocenters. The molecule has 1 aliphatic rings. The van der Waals surface area contributed by atoms with Crippen molar-refractivity contribution in [3.63, 3.8) is 0 Å². The monoisotopic (exact) mass is 185 g/mol. The van der Waals surface area contributed by atoms with Gasteiger partial charge in [-0.05, 0) is 38.9 Å². The number of carbonyl (C=O) groups is 1. The van der Waals surface area contributed by atoms with Crippen LogP contribution in [0.4, 0.5) is 0 Å². The van der Waals surface area contributed by atoms with E-state index in [2.05, 4.69) is 4.90 Å². The fourth-order valence-electron chi connectivity index (χ4n) is 2.06. The van der Waals surface area contributed by atoms with Crippen molar-refractivity contribution >= 4 is 5.97 Å². The van der Waals surface area contributed by atoms with Gasteiger partial charge >= 0.3 is 5.97 Å². The average Bonchev–Trinajstić information content (AvgIpc) is 2.04. The Morgan fingerprint density at radius 1 is 1.38 bits per heavy atom. The molecule has 1 heterocycles. The number of hydrogen-bond donors (Lipinski definition) is 1. The average molecular weight is 185 g/mol. The molecule has 0 radical (unpaired) electrons. The van der Waals surface area contributed by atoms with Crippen LogP contribution < -0.4 is 0 Å². The molecule has 0 saturated carbocycles. The molecule has 0 aromatic carbocycles. The second-order valence-corrected chi connectivity index (χ2v) is 4.42. The Kier molecular flexibility index (Phi) is 2.96. The Bertz CT molecular complexity index is 193. The van der Waals surface area contributed by atoms with Gasteiger partial charge in [0.15, 0.2) is 0 Å². The van der Waals surface area contributed by atoms with Crippen molar-refractivity contribution < 1.29 is 9.90 Å². The topological polar surface area (TPSA) is 40.5 Å². The number of carboxylic acids is 1. The largest absolute Gasteiger partial charge is 0.481 e. The van der Waals surface area contributed by atoms with E-state index in [0.29, 0.717) is 0 Å². The van der Waals surface area contributed by atoms with Crippen LogP contribution >= 0.6 is 0 Å². The molecule has 13 heavy (non-hydrogen) atoms. The van der Waals surface area contributed by atoms with E-state index in [1.54, 1.807) is 0 Å². The van der Waals surface area contributed by atoms with Gasteiger partial charge in [0.1, 0.15) is 0 Å². The number of nitrogens with zero attached hydrogens (tertiary/aromatic N) is 1. The van der Waals surface area contributed by atoms with Crippen LogP contribution in [-0.2, 0) is 4.79 Å². The zero-order valence-corrected chi connectivity index (χ0v) is 8.71. The number of aliphatic carboxylic acids is 1. The van der Waals surface area contributed by atoms with E-state index in [4.69, 9.17) is 0 Å². The lowest BCUT2D eigenvalue weighted by Crippen LogP contribution is -2.46. The van der Waals surface area contributed by atoms with Crippen LogP contribution in [0.5, 0.6) is 0 Å². The fourth-order valence-corrected chi connectivity index (χ4v) is 2.06. The Morgan fingerprint density at radius 3 is 2.15 bits per heavy atom. The van der Waals surface area contributed by atoms with Gasteiger partial charge in [-0.3, -0.25) is 4.79 Å². The summed E-state index contributed by atoms with van der Waals surface area (Å²) in [6.07, 6.45) is 1.58. The van der Waals surface area contributed by atoms with Gasteiger partial charge in [-0.1, -0.05) is 13.8 Å². The molecular formula is C10H19NO2. The maximum atomic E-state index is 11.2. The molecule has 0 aliphatic carbocycles. The number of hydrogen-bond acceptors (Lipinski definition) is 2. The number of likely N-dealkylation sites (tertiary alicyclic amines) is 1. The first-order chi connectivity index (χ1) is 5.99. The van der Waals surface area contributed by atoms with Crippen LogP contribution in [0, 0.1) is 11.3 Å². The normalized spacial score (nSPS) is 23.4. The zero-order valence-electron chi connectivity index (χ0n) is 8.71. The molecule has 3 nitrogen and oxygen atoms in total. The molecule has 1 saturated heterocycles. The van der Waals surface area contributed by atoms with Crippen LogP contribution in [0.15, 0.2) is 0 Å². The summed E-state index contributed by atoms with van der Waals surface area (Å²) in [4.78, 5) is 13.4. The fraction of sp³-hybridized carbons (Fsp3) is 0.900. The molecule has 0 spiro atoms. The van der Waals surface area contributed by atoms with Crippen molar-refractivity contribution in [2.24, 2.45) is 11.3 Å². The molecule has 1 aliphatic heterocycles. The summed E-state index contributed by atoms with van der Waals surface area (Å²) in [5.74, 6) is -0.380. The van der Waals surface area contributed by atoms with E-state index in [-0.39, 0.29) is 5.92 Å². The zero-order chi connectivity index (χ0) is 10.1. The van der Waals surface area contributed by atoms with E-state index in [0.717, 1.165) is 25.9 Å². The van der Waals surface area contributed by atoms with Crippen molar-refractivity contribution in [1.82, 2.24) is 4.90 Å². The first kappa shape index (κ1) is 10.5. The first-order valence-electron chi connectivity index (χ1n) is 4.91. The SMILES string of the molecule is CC(C)C1(C(=O)O)CCN(C)CC1. The van der Waals surface area contributed by atoms with Gasteiger partial charge in [-0.25, -0.2) is 0 Å². The molecule has 76 valence electrons. The van der Waals surface area contributed by atoms with Gasteiger partial charge in [0.2, 0.25) is 0 Å². The summed E-state index contributed by atoms with van der Waals surface area (Å²) in [5, 5.41) is 9.23. The van der Waals surface area contributed by atoms with Crippen LogP contribution in [0.1, 0.15) is 26.7 Å². The third-order valence-corrected chi connectivity index (χ3v) is 3.41. The molecule has 0 amide bonds. The van der Waals surface area contributed by atoms with E-state index in [1.165, 1.54) is 0 Å². The molecule has 0 aromatic rings. The van der Waals surface area contributed by atoms with Crippen molar-refractivity contribution in [3.8, 4) is 0 Å². The Morgan fingerprint density at radius 2 is 1.85 bits per heavy atom. The molecule has 1 fully saturated rings. The third kappa shape index (κ3) is 1.85. The Hall–Kier alpha value is -0.570. The minimum atomic E-state index is -0.615. The van der Waals surface area contributed by atoms with Crippen LogP contribution in [0.25, 0.3) is 0 Å². The summed E-state index contributed by atoms with van der Waals surface area (Å²) in [7, 11) is 2.05. The highest BCUT2D eigenvalue weighted by molar-refractivity contribution is 5.75. The summed E-state index contributed by atoms with van der Waals surface area (Å²) < 4.78 is 0. The quantitative estimate of drug-likeness (QED) is 0.707. The van der Waals surface area contributed by atoms with Crippen molar-refractivity contribution in [2.75, 3.05) is 20.1 Å². The molecule has 0 bridgehead atoms. The van der Waals surface area contributed by atoms with Crippen LogP contribution in [0.3, 0.4) is 0 Å². The van der Waals surface area contributed by atoms with Crippen molar-refractivity contribution in [2.45, 2.75) is 26.7 Å². The smallest absolute Gasteiger partial charge is 0.309 e. The number of piperidine rings is 1. The van der Waals surface area contributed by atoms with Crippen LogP contribution in [0.2, 0.25) is 0 Å². The summed E-state index contributed by atoms with van der Waals surface area (Å²) in [6.45, 7) is 5.84. The summed E-state index contributed by atoms with van der Waals surface area (Å²) in [6, 6.07) is 0. The highest BCUT2D eigenvalue weighted by Gasteiger charge is 2.43. The molecule has 1 rings (SSSR count). The Labute approximate surface area is 79.7 Å². The molecular weight excluding hydrogens is 166 g/mol. The second kappa shape index (κ2) is 3.66. The second-order valence-electron chi connectivity index (χ2n) is 4.42. The first-order valence-corrected chi connectivity index (χ1v) is 4.91. The van der Waals surface area contributed by atoms with E-state index in [9.17, 15) is 9.90 Å². The predicted molar refractivity (Wildman–Crippen MR) is 51.6 cm³/mol. The van der Waals surface area contributed by atoms with Gasteiger partial charge < -0.3 is 10.0 Å². The number of carboxylic acid groups (broad SMARTS) is 1. The van der Waals surface area contributed by atoms with Gasteiger partial charge in [-0.15, -0.1) is 0 Å². The Balaban J connectivity index is 2.75. The van der Waals surface area contributed by atoms with Gasteiger partial charge in [0.25, 0.3) is 0 Å². The lowest BCUT2D eigenvalue weighted by Gasteiger charge is -2.40. The predicted octanol–water partition coefficient (Wildman–Crippen LogP) is 1.44. The lowest BCUT2D eigenvalue weighted by molar-refractivity contribution is -0.155.